The SMILES string of the molecule is Cc1cc2c(ccc(=O)n2Cc2ccc(-c3ccsc3S(=O)(=O)O)cc2)c(C)n1. The molecular formula is C21H18N2O4S2. The molecule has 0 bridgehead atoms. The van der Waals surface area contributed by atoms with E-state index in [1.54, 1.807) is 40.3 Å². The summed E-state index contributed by atoms with van der Waals surface area (Å²) in [6.45, 7) is 4.21. The first-order valence-electron chi connectivity index (χ1n) is 8.86. The predicted octanol–water partition coefficient (Wildman–Crippen LogP) is 4.04. The number of hydrogen-bond acceptors (Lipinski definition) is 5. The Labute approximate surface area is 171 Å². The van der Waals surface area contributed by atoms with Crippen LogP contribution in [-0.2, 0) is 16.7 Å². The summed E-state index contributed by atoms with van der Waals surface area (Å²) in [6, 6.07) is 14.2. The van der Waals surface area contributed by atoms with E-state index in [-0.39, 0.29) is 9.77 Å². The standard InChI is InChI=1S/C21H18N2O4S2/c1-13-11-19-17(14(2)22-13)7-8-20(24)23(19)12-15-3-5-16(6-4-15)18-9-10-28-21(18)29(25,26)27/h3-11H,12H2,1-2H3,(H,25,26,27). The minimum absolute atomic E-state index is 0.0750. The van der Waals surface area contributed by atoms with E-state index in [0.29, 0.717) is 17.7 Å². The molecule has 0 fully saturated rings. The van der Waals surface area contributed by atoms with Crippen LogP contribution in [0.3, 0.4) is 0 Å². The van der Waals surface area contributed by atoms with Gasteiger partial charge in [-0.1, -0.05) is 24.3 Å². The molecule has 1 N–H and O–H groups in total. The molecule has 0 aliphatic heterocycles. The van der Waals surface area contributed by atoms with E-state index in [9.17, 15) is 17.8 Å². The Morgan fingerprint density at radius 1 is 1.07 bits per heavy atom. The van der Waals surface area contributed by atoms with Crippen molar-refractivity contribution in [3.05, 3.63) is 81.2 Å². The average molecular weight is 427 g/mol. The second-order valence-corrected chi connectivity index (χ2v) is 9.37. The van der Waals surface area contributed by atoms with E-state index in [2.05, 4.69) is 4.98 Å². The molecule has 6 nitrogen and oxygen atoms in total. The molecule has 0 saturated heterocycles. The molecule has 0 aliphatic rings. The Balaban J connectivity index is 1.73. The van der Waals surface area contributed by atoms with E-state index in [1.165, 1.54) is 0 Å². The van der Waals surface area contributed by atoms with Crippen molar-refractivity contribution in [2.75, 3.05) is 0 Å². The molecule has 4 rings (SSSR count). The number of thiophene rings is 1. The van der Waals surface area contributed by atoms with Gasteiger partial charge in [0.2, 0.25) is 0 Å². The molecule has 0 saturated carbocycles. The van der Waals surface area contributed by atoms with Crippen molar-refractivity contribution in [2.45, 2.75) is 24.6 Å². The van der Waals surface area contributed by atoms with Crippen molar-refractivity contribution in [1.29, 1.82) is 0 Å². The molecule has 1 aromatic carbocycles. The second kappa shape index (κ2) is 7.22. The number of nitrogens with zero attached hydrogens (tertiary/aromatic N) is 2. The zero-order chi connectivity index (χ0) is 20.8. The molecule has 29 heavy (non-hydrogen) atoms. The number of rotatable bonds is 4. The van der Waals surface area contributed by atoms with Gasteiger partial charge in [0.15, 0.2) is 4.21 Å². The number of pyridine rings is 2. The van der Waals surface area contributed by atoms with Gasteiger partial charge in [0.25, 0.3) is 5.56 Å². The fourth-order valence-electron chi connectivity index (χ4n) is 3.46. The van der Waals surface area contributed by atoms with Crippen molar-refractivity contribution in [1.82, 2.24) is 9.55 Å². The Bertz CT molecular complexity index is 1380. The van der Waals surface area contributed by atoms with Crippen molar-refractivity contribution in [3.8, 4) is 11.1 Å². The molecule has 8 heteroatoms. The summed E-state index contributed by atoms with van der Waals surface area (Å²) in [4.78, 5) is 17.0. The maximum atomic E-state index is 12.5. The summed E-state index contributed by atoms with van der Waals surface area (Å²) in [5.74, 6) is 0. The average Bonchev–Trinajstić information content (AvgIpc) is 3.15. The van der Waals surface area contributed by atoms with Crippen molar-refractivity contribution < 1.29 is 13.0 Å². The lowest BCUT2D eigenvalue weighted by molar-refractivity contribution is 0.486. The summed E-state index contributed by atoms with van der Waals surface area (Å²) < 4.78 is 34.1. The topological polar surface area (TPSA) is 89.3 Å². The normalized spacial score (nSPS) is 11.8. The Hall–Kier alpha value is -2.81. The Morgan fingerprint density at radius 2 is 1.79 bits per heavy atom. The summed E-state index contributed by atoms with van der Waals surface area (Å²) in [7, 11) is -4.27. The van der Waals surface area contributed by atoms with Gasteiger partial charge in [0.1, 0.15) is 0 Å². The van der Waals surface area contributed by atoms with Gasteiger partial charge in [-0.15, -0.1) is 11.3 Å². The summed E-state index contributed by atoms with van der Waals surface area (Å²) in [5, 5.41) is 2.56. The maximum absolute atomic E-state index is 12.5. The molecule has 0 amide bonds. The number of aromatic nitrogens is 2. The van der Waals surface area contributed by atoms with Gasteiger partial charge in [0, 0.05) is 28.4 Å². The Morgan fingerprint density at radius 3 is 2.48 bits per heavy atom. The van der Waals surface area contributed by atoms with Gasteiger partial charge in [-0.05, 0) is 48.6 Å². The highest BCUT2D eigenvalue weighted by Crippen LogP contribution is 2.32. The van der Waals surface area contributed by atoms with Gasteiger partial charge in [0.05, 0.1) is 12.1 Å². The van der Waals surface area contributed by atoms with Gasteiger partial charge in [-0.2, -0.15) is 8.42 Å². The minimum Gasteiger partial charge on any atom is -0.304 e. The molecule has 0 radical (unpaired) electrons. The number of hydrogen-bond donors (Lipinski definition) is 1. The van der Waals surface area contributed by atoms with Crippen molar-refractivity contribution >= 4 is 32.4 Å². The first-order chi connectivity index (χ1) is 13.7. The van der Waals surface area contributed by atoms with Crippen LogP contribution in [0.25, 0.3) is 22.0 Å². The third kappa shape index (κ3) is 3.74. The quantitative estimate of drug-likeness (QED) is 0.498. The van der Waals surface area contributed by atoms with E-state index < -0.39 is 10.1 Å². The monoisotopic (exact) mass is 426 g/mol. The maximum Gasteiger partial charge on any atom is 0.304 e. The second-order valence-electron chi connectivity index (χ2n) is 6.83. The van der Waals surface area contributed by atoms with Crippen LogP contribution in [0.5, 0.6) is 0 Å². The zero-order valence-corrected chi connectivity index (χ0v) is 17.4. The molecule has 3 aromatic heterocycles. The highest BCUT2D eigenvalue weighted by molar-refractivity contribution is 7.88. The molecule has 3 heterocycles. The first-order valence-corrected chi connectivity index (χ1v) is 11.2. The summed E-state index contributed by atoms with van der Waals surface area (Å²) in [6.07, 6.45) is 0. The molecule has 0 aliphatic carbocycles. The molecule has 0 spiro atoms. The van der Waals surface area contributed by atoms with Crippen LogP contribution in [0.15, 0.2) is 62.9 Å². The van der Waals surface area contributed by atoms with Crippen molar-refractivity contribution in [3.63, 3.8) is 0 Å². The zero-order valence-electron chi connectivity index (χ0n) is 15.8. The van der Waals surface area contributed by atoms with Gasteiger partial charge >= 0.3 is 10.1 Å². The molecule has 0 unspecified atom stereocenters. The molecule has 148 valence electrons. The van der Waals surface area contributed by atoms with Crippen LogP contribution in [0, 0.1) is 13.8 Å². The lowest BCUT2D eigenvalue weighted by Crippen LogP contribution is -2.20. The van der Waals surface area contributed by atoms with E-state index in [1.807, 2.05) is 32.0 Å². The lowest BCUT2D eigenvalue weighted by Gasteiger charge is -2.13. The van der Waals surface area contributed by atoms with E-state index >= 15 is 0 Å². The third-order valence-corrected chi connectivity index (χ3v) is 7.09. The largest absolute Gasteiger partial charge is 0.304 e. The highest BCUT2D eigenvalue weighted by Gasteiger charge is 2.18. The fourth-order valence-corrected chi connectivity index (χ4v) is 5.21. The third-order valence-electron chi connectivity index (χ3n) is 4.77. The van der Waals surface area contributed by atoms with Crippen LogP contribution in [0.2, 0.25) is 0 Å². The summed E-state index contributed by atoms with van der Waals surface area (Å²) in [5.41, 5.74) is 4.50. The first kappa shape index (κ1) is 19.5. The minimum atomic E-state index is -4.27. The lowest BCUT2D eigenvalue weighted by atomic mass is 10.1. The van der Waals surface area contributed by atoms with Crippen LogP contribution in [0.4, 0.5) is 0 Å². The van der Waals surface area contributed by atoms with Crippen LogP contribution < -0.4 is 5.56 Å². The van der Waals surface area contributed by atoms with Crippen LogP contribution >= 0.6 is 11.3 Å². The van der Waals surface area contributed by atoms with Gasteiger partial charge < -0.3 is 4.57 Å². The van der Waals surface area contributed by atoms with Gasteiger partial charge in [-0.25, -0.2) is 0 Å². The predicted molar refractivity (Wildman–Crippen MR) is 114 cm³/mol. The molecule has 4 aromatic rings. The number of benzene rings is 1. The highest BCUT2D eigenvalue weighted by atomic mass is 32.3. The number of fused-ring (bicyclic) bond motifs is 1. The molecular weight excluding hydrogens is 408 g/mol. The van der Waals surface area contributed by atoms with Crippen LogP contribution in [-0.4, -0.2) is 22.5 Å². The van der Waals surface area contributed by atoms with Gasteiger partial charge in [-0.3, -0.25) is 14.3 Å². The number of aryl methyl sites for hydroxylation is 2. The smallest absolute Gasteiger partial charge is 0.304 e. The van der Waals surface area contributed by atoms with E-state index in [4.69, 9.17) is 0 Å². The molecule has 0 atom stereocenters. The van der Waals surface area contributed by atoms with E-state index in [0.717, 1.165) is 39.2 Å². The Kier molecular flexibility index (Phi) is 4.85. The summed E-state index contributed by atoms with van der Waals surface area (Å²) >= 11 is 0.975. The fraction of sp³-hybridized carbons (Fsp3) is 0.143. The van der Waals surface area contributed by atoms with Crippen molar-refractivity contribution in [2.24, 2.45) is 0 Å². The van der Waals surface area contributed by atoms with Crippen LogP contribution in [0.1, 0.15) is 17.0 Å².